The van der Waals surface area contributed by atoms with Crippen LogP contribution in [0.25, 0.3) is 11.3 Å². The van der Waals surface area contributed by atoms with Crippen LogP contribution in [0, 0.1) is 6.92 Å². The molecular weight excluding hydrogens is 604 g/mol. The third-order valence-corrected chi connectivity index (χ3v) is 7.60. The van der Waals surface area contributed by atoms with Gasteiger partial charge in [0, 0.05) is 36.4 Å². The van der Waals surface area contributed by atoms with E-state index >= 15 is 0 Å². The minimum absolute atomic E-state index is 0. The number of nitrogens with one attached hydrogen (secondary N) is 2. The van der Waals surface area contributed by atoms with Crippen molar-refractivity contribution >= 4 is 52.8 Å². The quantitative estimate of drug-likeness (QED) is 0.273. The number of carbonyl (C=O) groups excluding carboxylic acids is 2. The minimum Gasteiger partial charge on any atom is -0.349 e. The van der Waals surface area contributed by atoms with E-state index in [-0.39, 0.29) is 70.3 Å². The summed E-state index contributed by atoms with van der Waals surface area (Å²) in [6, 6.07) is 4.47. The van der Waals surface area contributed by atoms with E-state index in [9.17, 15) is 22.8 Å². The number of anilines is 1. The molecule has 218 valence electrons. The van der Waals surface area contributed by atoms with Crippen LogP contribution in [0.5, 0.6) is 0 Å². The van der Waals surface area contributed by atoms with Crippen molar-refractivity contribution in [2.75, 3.05) is 5.32 Å². The number of hydrogen-bond acceptors (Lipinski definition) is 7. The summed E-state index contributed by atoms with van der Waals surface area (Å²) >= 11 is 7.68. The fourth-order valence-corrected chi connectivity index (χ4v) is 5.29. The summed E-state index contributed by atoms with van der Waals surface area (Å²) in [5.41, 5.74) is 5.59. The number of hydrogen-bond donors (Lipinski definition) is 3. The molecule has 10 nitrogen and oxygen atoms in total. The number of thiazole rings is 1. The van der Waals surface area contributed by atoms with Crippen LogP contribution in [-0.2, 0) is 19.8 Å². The van der Waals surface area contributed by atoms with Crippen molar-refractivity contribution in [3.63, 3.8) is 0 Å². The van der Waals surface area contributed by atoms with Crippen molar-refractivity contribution in [3.8, 4) is 11.3 Å². The van der Waals surface area contributed by atoms with Gasteiger partial charge in [-0.25, -0.2) is 9.97 Å². The topological polar surface area (TPSA) is 133 Å². The highest BCUT2D eigenvalue weighted by Crippen LogP contribution is 2.36. The van der Waals surface area contributed by atoms with Gasteiger partial charge in [-0.3, -0.25) is 14.3 Å². The van der Waals surface area contributed by atoms with Crippen LogP contribution in [-0.4, -0.2) is 48.2 Å². The Morgan fingerprint density at radius 3 is 2.59 bits per heavy atom. The lowest BCUT2D eigenvalue weighted by Crippen LogP contribution is -2.50. The first-order chi connectivity index (χ1) is 18.9. The van der Waals surface area contributed by atoms with E-state index in [4.69, 9.17) is 17.3 Å². The molecule has 1 saturated carbocycles. The normalized spacial score (nSPS) is 16.6. The highest BCUT2D eigenvalue weighted by Gasteiger charge is 2.38. The number of amides is 2. The summed E-state index contributed by atoms with van der Waals surface area (Å²) < 4.78 is 44.0. The van der Waals surface area contributed by atoms with Gasteiger partial charge in [-0.15, -0.1) is 23.7 Å². The molecule has 0 bridgehead atoms. The molecule has 1 fully saturated rings. The Morgan fingerprint density at radius 1 is 1.24 bits per heavy atom. The zero-order chi connectivity index (χ0) is 28.8. The fraction of sp³-hybridized carbons (Fsp3) is 0.320. The lowest BCUT2D eigenvalue weighted by atomic mass is 9.87. The van der Waals surface area contributed by atoms with Crippen LogP contribution in [0.1, 0.15) is 50.2 Å². The van der Waals surface area contributed by atoms with E-state index in [1.165, 1.54) is 58.2 Å². The molecule has 3 aromatic heterocycles. The molecule has 3 heterocycles. The zero-order valence-corrected chi connectivity index (χ0v) is 24.1. The highest BCUT2D eigenvalue weighted by atomic mass is 35.5. The molecule has 0 spiro atoms. The molecule has 0 atom stereocenters. The number of nitrogens with two attached hydrogens (primary N) is 1. The molecule has 0 unspecified atom stereocenters. The number of benzene rings is 1. The predicted octanol–water partition coefficient (Wildman–Crippen LogP) is 4.66. The van der Waals surface area contributed by atoms with Crippen molar-refractivity contribution in [2.45, 2.75) is 44.6 Å². The maximum Gasteiger partial charge on any atom is 0.435 e. The molecule has 0 aliphatic heterocycles. The molecule has 5 rings (SSSR count). The first-order valence-electron chi connectivity index (χ1n) is 12.1. The van der Waals surface area contributed by atoms with E-state index in [1.807, 2.05) is 0 Å². The molecule has 4 aromatic rings. The van der Waals surface area contributed by atoms with Crippen molar-refractivity contribution < 1.29 is 22.8 Å². The van der Waals surface area contributed by atoms with Crippen molar-refractivity contribution in [1.82, 2.24) is 29.6 Å². The molecule has 1 aliphatic carbocycles. The van der Waals surface area contributed by atoms with E-state index < -0.39 is 17.8 Å². The first kappa shape index (κ1) is 30.5. The lowest BCUT2D eigenvalue weighted by Gasteiger charge is -2.33. The Morgan fingerprint density at radius 2 is 1.98 bits per heavy atom. The van der Waals surface area contributed by atoms with E-state index in [0.717, 1.165) is 5.01 Å². The fourth-order valence-electron chi connectivity index (χ4n) is 4.42. The highest BCUT2D eigenvalue weighted by molar-refractivity contribution is 7.09. The van der Waals surface area contributed by atoms with Gasteiger partial charge >= 0.3 is 6.18 Å². The minimum atomic E-state index is -4.74. The number of imidazole rings is 1. The molecule has 0 saturated heterocycles. The van der Waals surface area contributed by atoms with Gasteiger partial charge in [-0.05, 0) is 38.0 Å². The summed E-state index contributed by atoms with van der Waals surface area (Å²) in [7, 11) is 1.44. The summed E-state index contributed by atoms with van der Waals surface area (Å²) in [5, 5.41) is 11.9. The summed E-state index contributed by atoms with van der Waals surface area (Å²) in [6.45, 7) is 1.86. The number of halogens is 5. The molecule has 2 amide bonds. The summed E-state index contributed by atoms with van der Waals surface area (Å²) in [6.07, 6.45) is -0.900. The number of nitrogens with zero attached hydrogens (tertiary/aromatic N) is 5. The second kappa shape index (κ2) is 11.8. The zero-order valence-electron chi connectivity index (χ0n) is 21.7. The van der Waals surface area contributed by atoms with Gasteiger partial charge in [0.2, 0.25) is 0 Å². The van der Waals surface area contributed by atoms with Gasteiger partial charge in [0.15, 0.2) is 11.5 Å². The summed E-state index contributed by atoms with van der Waals surface area (Å²) in [4.78, 5) is 33.8. The molecule has 4 N–H and O–H groups in total. The number of carbonyl (C=O) groups is 2. The Labute approximate surface area is 247 Å². The molecule has 1 aromatic carbocycles. The predicted molar refractivity (Wildman–Crippen MR) is 151 cm³/mol. The van der Waals surface area contributed by atoms with Crippen LogP contribution in [0.2, 0.25) is 5.02 Å². The number of aryl methyl sites for hydroxylation is 1. The average Bonchev–Trinajstić information content (AvgIpc) is 3.56. The molecule has 41 heavy (non-hydrogen) atoms. The van der Waals surface area contributed by atoms with Crippen LogP contribution in [0.15, 0.2) is 36.0 Å². The van der Waals surface area contributed by atoms with E-state index in [2.05, 4.69) is 25.7 Å². The third-order valence-electron chi connectivity index (χ3n) is 6.47. The Kier molecular flexibility index (Phi) is 8.78. The van der Waals surface area contributed by atoms with Crippen molar-refractivity contribution in [2.24, 2.45) is 12.8 Å². The van der Waals surface area contributed by atoms with Gasteiger partial charge in [0.25, 0.3) is 11.8 Å². The Balaban J connectivity index is 0.00000387. The van der Waals surface area contributed by atoms with Crippen molar-refractivity contribution in [1.29, 1.82) is 0 Å². The molecule has 0 radical (unpaired) electrons. The van der Waals surface area contributed by atoms with Gasteiger partial charge < -0.3 is 20.9 Å². The van der Waals surface area contributed by atoms with Crippen LogP contribution >= 0.6 is 35.3 Å². The summed E-state index contributed by atoms with van der Waals surface area (Å²) in [5.74, 6) is -1.16. The molecule has 1 aliphatic rings. The maximum atomic E-state index is 13.9. The second-order valence-electron chi connectivity index (χ2n) is 9.52. The van der Waals surface area contributed by atoms with Crippen LogP contribution in [0.3, 0.4) is 0 Å². The number of alkyl halides is 3. The van der Waals surface area contributed by atoms with Gasteiger partial charge in [0.05, 0.1) is 45.3 Å². The van der Waals surface area contributed by atoms with E-state index in [1.54, 1.807) is 12.3 Å². The smallest absolute Gasteiger partial charge is 0.349 e. The number of aromatic nitrogens is 5. The maximum absolute atomic E-state index is 13.9. The van der Waals surface area contributed by atoms with Crippen LogP contribution in [0.4, 0.5) is 18.9 Å². The van der Waals surface area contributed by atoms with Gasteiger partial charge in [0.1, 0.15) is 0 Å². The van der Waals surface area contributed by atoms with Crippen molar-refractivity contribution in [3.05, 3.63) is 68.8 Å². The largest absolute Gasteiger partial charge is 0.435 e. The first-order valence-corrected chi connectivity index (χ1v) is 13.4. The second-order valence-corrected chi connectivity index (χ2v) is 11.0. The molecular formula is C25H25Cl2F3N8O2S. The monoisotopic (exact) mass is 628 g/mol. The standard InChI is InChI=1S/C25H24ClF3N8O2S.ClH/c1-12-32-16(11-40-12)9-37-10-18(21(35-37)25(27,28)29)20-8-31-22(36(20)2)24(39)33-14-3-4-17(19(26)7-14)23(38)34-15-5-13(30)6-15;/h3-4,7-8,10-11,13,15H,5-6,9,30H2,1-2H3,(H,33,39)(H,34,38);1H. The average molecular weight is 629 g/mol. The van der Waals surface area contributed by atoms with E-state index in [0.29, 0.717) is 18.5 Å². The Bertz CT molecular complexity index is 1590. The Hall–Kier alpha value is -3.46. The molecule has 16 heteroatoms. The van der Waals surface area contributed by atoms with Gasteiger partial charge in [-0.2, -0.15) is 18.3 Å². The lowest BCUT2D eigenvalue weighted by molar-refractivity contribution is -0.141. The third kappa shape index (κ3) is 6.56. The number of rotatable bonds is 7. The van der Waals surface area contributed by atoms with Crippen LogP contribution < -0.4 is 16.4 Å². The SMILES string of the molecule is Cc1nc(Cn2cc(-c3cnc(C(=O)Nc4ccc(C(=O)NC5CC(N)C5)c(Cl)c4)n3C)c(C(F)(F)F)n2)cs1.Cl. The van der Waals surface area contributed by atoms with Gasteiger partial charge in [-0.1, -0.05) is 11.6 Å².